The molecule has 4 aromatic carbocycles. The van der Waals surface area contributed by atoms with Crippen molar-refractivity contribution >= 4 is 70.1 Å². The van der Waals surface area contributed by atoms with E-state index in [4.69, 9.17) is 55.3 Å². The van der Waals surface area contributed by atoms with Crippen molar-refractivity contribution in [3.63, 3.8) is 0 Å². The molecule has 0 saturated heterocycles. The van der Waals surface area contributed by atoms with Crippen LogP contribution in [0.2, 0.25) is 0 Å². The molecule has 6 heteroatoms. The normalized spacial score (nSPS) is 12.9. The van der Waals surface area contributed by atoms with Crippen LogP contribution < -0.4 is 4.74 Å². The van der Waals surface area contributed by atoms with Gasteiger partial charge in [-0.3, -0.25) is 0 Å². The summed E-state index contributed by atoms with van der Waals surface area (Å²) in [5.41, 5.74) is 7.43. The molecule has 0 saturated carbocycles. The van der Waals surface area contributed by atoms with Gasteiger partial charge in [-0.05, 0) is 89.6 Å². The van der Waals surface area contributed by atoms with Gasteiger partial charge in [0.2, 0.25) is 0 Å². The molecule has 0 radical (unpaired) electrons. The Morgan fingerprint density at radius 2 is 0.872 bits per heavy atom. The molecule has 0 spiro atoms. The van der Waals surface area contributed by atoms with Crippen LogP contribution in [0.1, 0.15) is 101 Å². The summed E-state index contributed by atoms with van der Waals surface area (Å²) in [5, 5.41) is 0. The van der Waals surface area contributed by atoms with Crippen LogP contribution in [0.15, 0.2) is 97.1 Å². The van der Waals surface area contributed by atoms with Crippen molar-refractivity contribution in [3.05, 3.63) is 136 Å². The van der Waals surface area contributed by atoms with Crippen molar-refractivity contribution in [1.29, 1.82) is 0 Å². The van der Waals surface area contributed by atoms with Gasteiger partial charge in [0, 0.05) is 16.5 Å². The van der Waals surface area contributed by atoms with Crippen molar-refractivity contribution in [2.45, 2.75) is 85.7 Å². The second-order valence-electron chi connectivity index (χ2n) is 14.5. The standard InChI is InChI=1S/C22H28OS2.C19H22S2.Ni/c1-21(2,3)16-12-13-18(23-22(4,5)6)17(14-16)20(25)19(24)15-10-8-7-9-11-15;1-13-10-11-15(19(2,3)4)12-16(13)18(21)17(20)14-8-6-5-7-9-14;/h7-14,24-25H,1-6H3;5-12,20-21H,1-4H3;/p-4/b20-19-;18-17-;. The van der Waals surface area contributed by atoms with Gasteiger partial charge >= 0.3 is 0 Å². The van der Waals surface area contributed by atoms with E-state index in [9.17, 15) is 0 Å². The van der Waals surface area contributed by atoms with Gasteiger partial charge in [-0.1, -0.05) is 126 Å². The Morgan fingerprint density at radius 1 is 0.489 bits per heavy atom. The van der Waals surface area contributed by atoms with E-state index in [1.54, 1.807) is 0 Å². The van der Waals surface area contributed by atoms with E-state index in [1.807, 2.05) is 87.5 Å². The van der Waals surface area contributed by atoms with Crippen LogP contribution in [0, 0.1) is 6.92 Å². The van der Waals surface area contributed by atoms with Crippen LogP contribution in [0.25, 0.3) is 19.6 Å². The fourth-order valence-electron chi connectivity index (χ4n) is 4.61. The first kappa shape index (κ1) is 40.7. The summed E-state index contributed by atoms with van der Waals surface area (Å²) in [6.07, 6.45) is 0. The third-order valence-electron chi connectivity index (χ3n) is 7.34. The minimum absolute atomic E-state index is 0. The molecule has 0 aliphatic heterocycles. The monoisotopic (exact) mass is 740 g/mol. The third kappa shape index (κ3) is 11.6. The summed E-state index contributed by atoms with van der Waals surface area (Å²) < 4.78 is 6.16. The van der Waals surface area contributed by atoms with Gasteiger partial charge in [-0.15, -0.1) is 0 Å². The molecule has 0 aromatic heterocycles. The second-order valence-corrected chi connectivity index (χ2v) is 16.1. The molecule has 0 unspecified atom stereocenters. The largest absolute Gasteiger partial charge is 0.781 e. The number of ether oxygens (including phenoxy) is 1. The molecular weight excluding hydrogens is 695 g/mol. The van der Waals surface area contributed by atoms with Gasteiger partial charge in [0.1, 0.15) is 11.4 Å². The van der Waals surface area contributed by atoms with Crippen LogP contribution in [-0.2, 0) is 77.8 Å². The molecule has 0 amide bonds. The number of benzene rings is 4. The molecule has 0 atom stereocenters. The smallest absolute Gasteiger partial charge is 0.125 e. The fourth-order valence-corrected chi connectivity index (χ4v) is 5.72. The maximum atomic E-state index is 6.16. The van der Waals surface area contributed by atoms with Gasteiger partial charge in [-0.25, -0.2) is 0 Å². The number of aryl methyl sites for hydroxylation is 1. The Labute approximate surface area is 316 Å². The minimum Gasteiger partial charge on any atom is -0.781 e. The maximum Gasteiger partial charge on any atom is 0.125 e. The molecule has 4 aromatic rings. The van der Waals surface area contributed by atoms with Crippen LogP contribution >= 0.6 is 0 Å². The van der Waals surface area contributed by atoms with E-state index in [0.29, 0.717) is 9.81 Å². The van der Waals surface area contributed by atoms with E-state index in [-0.39, 0.29) is 32.9 Å². The summed E-state index contributed by atoms with van der Waals surface area (Å²) in [4.78, 5) is 2.85. The molecule has 254 valence electrons. The topological polar surface area (TPSA) is 9.23 Å². The van der Waals surface area contributed by atoms with Crippen molar-refractivity contribution in [1.82, 2.24) is 0 Å². The van der Waals surface area contributed by atoms with Crippen LogP contribution in [0.4, 0.5) is 0 Å². The molecule has 0 bridgehead atoms. The van der Waals surface area contributed by atoms with Gasteiger partial charge in [-0.2, -0.15) is 19.6 Å². The molecule has 47 heavy (non-hydrogen) atoms. The maximum absolute atomic E-state index is 6.16. The van der Waals surface area contributed by atoms with Gasteiger partial charge in [0.25, 0.3) is 0 Å². The van der Waals surface area contributed by atoms with Crippen LogP contribution in [0.3, 0.4) is 0 Å². The molecule has 0 N–H and O–H groups in total. The zero-order chi connectivity index (χ0) is 34.4. The summed E-state index contributed by atoms with van der Waals surface area (Å²) in [7, 11) is 0. The first-order chi connectivity index (χ1) is 21.3. The fraction of sp³-hybridized carbons (Fsp3) is 0.317. The van der Waals surface area contributed by atoms with Crippen molar-refractivity contribution < 1.29 is 21.2 Å². The van der Waals surface area contributed by atoms with E-state index in [0.717, 1.165) is 37.8 Å². The Bertz CT molecular complexity index is 1690. The second kappa shape index (κ2) is 16.8. The molecule has 1 nitrogen and oxygen atoms in total. The van der Waals surface area contributed by atoms with E-state index in [1.165, 1.54) is 16.7 Å². The molecule has 0 fully saturated rings. The Morgan fingerprint density at radius 3 is 1.28 bits per heavy atom. The molecule has 0 aliphatic carbocycles. The first-order valence-electron chi connectivity index (χ1n) is 15.5. The minimum atomic E-state index is -0.304. The average Bonchev–Trinajstić information content (AvgIpc) is 2.99. The van der Waals surface area contributed by atoms with Gasteiger partial charge < -0.3 is 55.3 Å². The molecular formula is C41H46NiOS4-4. The Hall–Kier alpha value is -2.47. The molecule has 4 rings (SSSR count). The summed E-state index contributed by atoms with van der Waals surface area (Å²) in [6, 6.07) is 32.6. The van der Waals surface area contributed by atoms with E-state index >= 15 is 0 Å². The van der Waals surface area contributed by atoms with E-state index in [2.05, 4.69) is 78.8 Å². The Kier molecular flexibility index (Phi) is 14.5. The van der Waals surface area contributed by atoms with Crippen LogP contribution in [-0.4, -0.2) is 5.60 Å². The summed E-state index contributed by atoms with van der Waals surface area (Å²) >= 11 is 22.7. The summed E-state index contributed by atoms with van der Waals surface area (Å²) in [6.45, 7) is 21.4. The predicted molar refractivity (Wildman–Crippen MR) is 211 cm³/mol. The molecule has 0 heterocycles. The van der Waals surface area contributed by atoms with Crippen LogP contribution in [0.5, 0.6) is 5.75 Å². The third-order valence-corrected chi connectivity index (χ3v) is 9.33. The zero-order valence-corrected chi connectivity index (χ0v) is 33.3. The quantitative estimate of drug-likeness (QED) is 0.114. The number of hydrogen-bond acceptors (Lipinski definition) is 5. The zero-order valence-electron chi connectivity index (χ0n) is 29.1. The first-order valence-corrected chi connectivity index (χ1v) is 17.2. The SMILES string of the molecule is CC(C)(C)Oc1ccc(C(C)(C)C)cc1/C([S-])=C(/[S-])c1ccccc1.Cc1ccc(C(C)(C)C)cc1/C([S-])=C(/[S-])c1ccccc1.[Ni]. The predicted octanol–water partition coefficient (Wildman–Crippen LogP) is 11.3. The van der Waals surface area contributed by atoms with Crippen molar-refractivity contribution in [2.75, 3.05) is 0 Å². The average molecular weight is 742 g/mol. The van der Waals surface area contributed by atoms with Gasteiger partial charge in [0.05, 0.1) is 0 Å². The summed E-state index contributed by atoms with van der Waals surface area (Å²) in [5.74, 6) is 0.781. The van der Waals surface area contributed by atoms with Crippen molar-refractivity contribution in [3.8, 4) is 5.75 Å². The Balaban J connectivity index is 0.000000324. The number of hydrogen-bond donors (Lipinski definition) is 0. The van der Waals surface area contributed by atoms with E-state index < -0.39 is 0 Å². The molecule has 0 aliphatic rings. The number of rotatable bonds is 5. The van der Waals surface area contributed by atoms with Gasteiger partial charge in [0.15, 0.2) is 0 Å². The van der Waals surface area contributed by atoms with Crippen molar-refractivity contribution in [2.24, 2.45) is 0 Å².